The highest BCUT2D eigenvalue weighted by atomic mass is 32.2. The smallest absolute Gasteiger partial charge is 0.294 e. The fourth-order valence-electron chi connectivity index (χ4n) is 2.86. The van der Waals surface area contributed by atoms with E-state index < -0.39 is 17.1 Å². The van der Waals surface area contributed by atoms with Gasteiger partial charge in [-0.15, -0.1) is 0 Å². The maximum Gasteiger partial charge on any atom is 0.294 e. The van der Waals surface area contributed by atoms with Gasteiger partial charge in [0.1, 0.15) is 18.1 Å². The van der Waals surface area contributed by atoms with E-state index >= 15 is 0 Å². The number of anilines is 1. The average molecular weight is 467 g/mol. The third-order valence-electron chi connectivity index (χ3n) is 4.39. The highest BCUT2D eigenvalue weighted by Crippen LogP contribution is 2.34. The Morgan fingerprint density at radius 3 is 2.56 bits per heavy atom. The molecule has 0 radical (unpaired) electrons. The molecule has 1 N–H and O–H groups in total. The molecule has 4 rings (SSSR count). The maximum atomic E-state index is 12.7. The van der Waals surface area contributed by atoms with Crippen molar-refractivity contribution in [3.05, 3.63) is 77.4 Å². The average Bonchev–Trinajstić information content (AvgIpc) is 3.34. The van der Waals surface area contributed by atoms with Crippen molar-refractivity contribution in [1.82, 2.24) is 4.90 Å². The topological polar surface area (TPSA) is 88.8 Å². The van der Waals surface area contributed by atoms with Gasteiger partial charge in [0.05, 0.1) is 12.0 Å². The van der Waals surface area contributed by atoms with E-state index in [-0.39, 0.29) is 11.4 Å². The van der Waals surface area contributed by atoms with Crippen molar-refractivity contribution in [1.29, 1.82) is 0 Å². The van der Waals surface area contributed by atoms with Crippen LogP contribution in [0.2, 0.25) is 0 Å². The Hall–Kier alpha value is -3.43. The molecular formula is C23H18N2O5S2. The first-order valence-electron chi connectivity index (χ1n) is 9.54. The second-order valence-electron chi connectivity index (χ2n) is 6.62. The second kappa shape index (κ2) is 9.80. The summed E-state index contributed by atoms with van der Waals surface area (Å²) in [6, 6.07) is 20.0. The third-order valence-corrected chi connectivity index (χ3v) is 6.22. The number of hydrogen-bond acceptors (Lipinski definition) is 7. The molecule has 2 aromatic carbocycles. The molecule has 0 saturated carbocycles. The molecule has 1 saturated heterocycles. The molecular weight excluding hydrogens is 448 g/mol. The van der Waals surface area contributed by atoms with E-state index in [1.54, 1.807) is 43.5 Å². The van der Waals surface area contributed by atoms with Crippen LogP contribution >= 0.6 is 23.5 Å². The van der Waals surface area contributed by atoms with Gasteiger partial charge in [-0.1, -0.05) is 30.0 Å². The molecule has 0 spiro atoms. The summed E-state index contributed by atoms with van der Waals surface area (Å²) in [4.78, 5) is 39.4. The molecule has 0 atom stereocenters. The van der Waals surface area contributed by atoms with E-state index in [1.165, 1.54) is 17.8 Å². The second-order valence-corrected chi connectivity index (χ2v) is 8.69. The predicted octanol–water partition coefficient (Wildman–Crippen LogP) is 5.11. The zero-order valence-corrected chi connectivity index (χ0v) is 18.6. The molecule has 3 amide bonds. The van der Waals surface area contributed by atoms with Crippen LogP contribution in [-0.4, -0.2) is 35.6 Å². The van der Waals surface area contributed by atoms with Gasteiger partial charge in [-0.3, -0.25) is 19.3 Å². The Morgan fingerprint density at radius 1 is 1.09 bits per heavy atom. The van der Waals surface area contributed by atoms with E-state index in [4.69, 9.17) is 9.15 Å². The number of hydrogen-bond donors (Lipinski definition) is 1. The van der Waals surface area contributed by atoms with Crippen LogP contribution in [0.5, 0.6) is 5.75 Å². The first-order valence-corrected chi connectivity index (χ1v) is 11.2. The summed E-state index contributed by atoms with van der Waals surface area (Å²) in [5.41, 5.74) is 0.539. The zero-order valence-electron chi connectivity index (χ0n) is 16.9. The van der Waals surface area contributed by atoms with E-state index in [0.717, 1.165) is 21.6 Å². The number of thioether (sulfide) groups is 1. The largest absolute Gasteiger partial charge is 0.497 e. The summed E-state index contributed by atoms with van der Waals surface area (Å²) in [6.45, 7) is -0.374. The monoisotopic (exact) mass is 466 g/mol. The van der Waals surface area contributed by atoms with Gasteiger partial charge in [0.15, 0.2) is 5.09 Å². The van der Waals surface area contributed by atoms with Gasteiger partial charge in [0, 0.05) is 16.7 Å². The lowest BCUT2D eigenvalue weighted by molar-refractivity contribution is -0.127. The quantitative estimate of drug-likeness (QED) is 0.484. The molecule has 1 aliphatic rings. The Bertz CT molecular complexity index is 1170. The number of benzene rings is 2. The molecule has 2 heterocycles. The first-order chi connectivity index (χ1) is 15.5. The standard InChI is InChI=1S/C23H18N2O5S2/c1-29-16-9-7-15(8-10-16)24-20(26)14-25-22(27)19(32-23(25)28)13-17-11-12-21(30-17)31-18-5-3-2-4-6-18/h2-13H,14H2,1H3,(H,24,26)/b19-13-. The molecule has 7 nitrogen and oxygen atoms in total. The van der Waals surface area contributed by atoms with Crippen molar-refractivity contribution >= 4 is 52.3 Å². The number of imide groups is 1. The third kappa shape index (κ3) is 5.24. The maximum absolute atomic E-state index is 12.7. The van der Waals surface area contributed by atoms with Crippen molar-refractivity contribution in [2.75, 3.05) is 19.0 Å². The summed E-state index contributed by atoms with van der Waals surface area (Å²) < 4.78 is 10.8. The van der Waals surface area contributed by atoms with Crippen molar-refractivity contribution < 1.29 is 23.5 Å². The molecule has 1 fully saturated rings. The van der Waals surface area contributed by atoms with Gasteiger partial charge in [-0.2, -0.15) is 0 Å². The summed E-state index contributed by atoms with van der Waals surface area (Å²) in [7, 11) is 1.55. The summed E-state index contributed by atoms with van der Waals surface area (Å²) >= 11 is 2.23. The first kappa shape index (κ1) is 21.8. The Morgan fingerprint density at radius 2 is 1.84 bits per heavy atom. The van der Waals surface area contributed by atoms with Crippen LogP contribution in [0.1, 0.15) is 5.76 Å². The molecule has 1 aliphatic heterocycles. The Kier molecular flexibility index (Phi) is 6.67. The van der Waals surface area contributed by atoms with Crippen molar-refractivity contribution in [3.8, 4) is 5.75 Å². The highest BCUT2D eigenvalue weighted by molar-refractivity contribution is 8.18. The van der Waals surface area contributed by atoms with E-state index in [2.05, 4.69) is 5.32 Å². The number of methoxy groups -OCH3 is 1. The van der Waals surface area contributed by atoms with Crippen LogP contribution in [0.15, 0.2) is 86.0 Å². The van der Waals surface area contributed by atoms with E-state index in [9.17, 15) is 14.4 Å². The number of rotatable bonds is 7. The predicted molar refractivity (Wildman–Crippen MR) is 124 cm³/mol. The van der Waals surface area contributed by atoms with E-state index in [0.29, 0.717) is 22.3 Å². The number of carbonyl (C=O) groups is 3. The minimum Gasteiger partial charge on any atom is -0.497 e. The van der Waals surface area contributed by atoms with Crippen LogP contribution < -0.4 is 10.1 Å². The molecule has 1 aromatic heterocycles. The number of nitrogens with zero attached hydrogens (tertiary/aromatic N) is 1. The number of ether oxygens (including phenoxy) is 1. The van der Waals surface area contributed by atoms with E-state index in [1.807, 2.05) is 30.3 Å². The number of nitrogens with one attached hydrogen (secondary N) is 1. The SMILES string of the molecule is COc1ccc(NC(=O)CN2C(=O)S/C(=C\c3ccc(Sc4ccccc4)o3)C2=O)cc1. The van der Waals surface area contributed by atoms with Gasteiger partial charge < -0.3 is 14.5 Å². The number of amides is 3. The lowest BCUT2D eigenvalue weighted by Gasteiger charge is -2.12. The van der Waals surface area contributed by atoms with Crippen molar-refractivity contribution in [2.24, 2.45) is 0 Å². The number of furan rings is 1. The number of carbonyl (C=O) groups excluding carboxylic acids is 3. The van der Waals surface area contributed by atoms with Crippen LogP contribution in [0, 0.1) is 0 Å². The lowest BCUT2D eigenvalue weighted by atomic mass is 10.3. The van der Waals surface area contributed by atoms with Gasteiger partial charge in [0.2, 0.25) is 5.91 Å². The lowest BCUT2D eigenvalue weighted by Crippen LogP contribution is -2.36. The van der Waals surface area contributed by atoms with Crippen LogP contribution in [-0.2, 0) is 9.59 Å². The summed E-state index contributed by atoms with van der Waals surface area (Å²) in [6.07, 6.45) is 1.52. The zero-order chi connectivity index (χ0) is 22.5. The molecule has 9 heteroatoms. The molecule has 32 heavy (non-hydrogen) atoms. The fourth-order valence-corrected chi connectivity index (χ4v) is 4.47. The van der Waals surface area contributed by atoms with Gasteiger partial charge >= 0.3 is 0 Å². The molecule has 3 aromatic rings. The van der Waals surface area contributed by atoms with Gasteiger partial charge in [-0.25, -0.2) is 0 Å². The van der Waals surface area contributed by atoms with Crippen LogP contribution in [0.25, 0.3) is 6.08 Å². The molecule has 162 valence electrons. The summed E-state index contributed by atoms with van der Waals surface area (Å²) in [5.74, 6) is 0.107. The Labute approximate surface area is 192 Å². The normalized spacial score (nSPS) is 14.8. The van der Waals surface area contributed by atoms with Crippen LogP contribution in [0.4, 0.5) is 10.5 Å². The molecule has 0 aliphatic carbocycles. The minimum absolute atomic E-state index is 0.206. The van der Waals surface area contributed by atoms with Crippen molar-refractivity contribution in [3.63, 3.8) is 0 Å². The van der Waals surface area contributed by atoms with Gasteiger partial charge in [-0.05, 0) is 60.3 Å². The fraction of sp³-hybridized carbons (Fsp3) is 0.0870. The van der Waals surface area contributed by atoms with Crippen LogP contribution in [0.3, 0.4) is 0 Å². The Balaban J connectivity index is 1.38. The summed E-state index contributed by atoms with van der Waals surface area (Å²) in [5, 5.41) is 2.83. The molecule has 0 unspecified atom stereocenters. The molecule has 0 bridgehead atoms. The van der Waals surface area contributed by atoms with Gasteiger partial charge in [0.25, 0.3) is 11.1 Å². The van der Waals surface area contributed by atoms with Crippen molar-refractivity contribution in [2.45, 2.75) is 9.99 Å². The minimum atomic E-state index is -0.529. The highest BCUT2D eigenvalue weighted by Gasteiger charge is 2.36.